The fourth-order valence-electron chi connectivity index (χ4n) is 1.52. The van der Waals surface area contributed by atoms with E-state index in [-0.39, 0.29) is 16.3 Å². The molecule has 0 saturated carbocycles. The summed E-state index contributed by atoms with van der Waals surface area (Å²) < 4.78 is 31.0. The number of rotatable bonds is 4. The molecule has 0 fully saturated rings. The van der Waals surface area contributed by atoms with E-state index in [0.29, 0.717) is 11.1 Å². The van der Waals surface area contributed by atoms with Gasteiger partial charge in [-0.15, -0.1) is 0 Å². The Kier molecular flexibility index (Phi) is 4.57. The molecule has 20 heavy (non-hydrogen) atoms. The summed E-state index contributed by atoms with van der Waals surface area (Å²) in [6.07, 6.45) is 0. The molecule has 6 heteroatoms. The molecule has 0 aromatic heterocycles. The van der Waals surface area contributed by atoms with E-state index >= 15 is 0 Å². The highest BCUT2D eigenvalue weighted by atomic mass is 35.5. The predicted molar refractivity (Wildman–Crippen MR) is 72.6 cm³/mol. The number of hydrogen-bond donors (Lipinski definition) is 0. The first-order valence-electron chi connectivity index (χ1n) is 5.53. The van der Waals surface area contributed by atoms with E-state index in [2.05, 4.69) is 0 Å². The van der Waals surface area contributed by atoms with Crippen LogP contribution in [-0.4, -0.2) is 12.4 Å². The van der Waals surface area contributed by atoms with Crippen LogP contribution in [0.2, 0.25) is 10.0 Å². The van der Waals surface area contributed by atoms with Crippen LogP contribution in [-0.2, 0) is 0 Å². The van der Waals surface area contributed by atoms with Gasteiger partial charge in [0.05, 0.1) is 5.02 Å². The second-order valence-electron chi connectivity index (χ2n) is 3.91. The highest BCUT2D eigenvalue weighted by Gasteiger charge is 2.13. The van der Waals surface area contributed by atoms with Crippen LogP contribution in [0.1, 0.15) is 10.4 Å². The molecule has 2 aromatic rings. The molecule has 104 valence electrons. The Hall–Kier alpha value is -1.65. The molecule has 0 bridgehead atoms. The van der Waals surface area contributed by atoms with Crippen molar-refractivity contribution in [2.24, 2.45) is 0 Å². The summed E-state index contributed by atoms with van der Waals surface area (Å²) in [6.45, 7) is -0.428. The van der Waals surface area contributed by atoms with Crippen molar-refractivity contribution in [3.05, 3.63) is 63.6 Å². The van der Waals surface area contributed by atoms with Crippen LogP contribution >= 0.6 is 23.2 Å². The monoisotopic (exact) mass is 316 g/mol. The van der Waals surface area contributed by atoms with Crippen LogP contribution in [0.15, 0.2) is 36.4 Å². The molecule has 2 nitrogen and oxygen atoms in total. The third-order valence-electron chi connectivity index (χ3n) is 2.48. The lowest BCUT2D eigenvalue weighted by molar-refractivity contribution is 0.0919. The van der Waals surface area contributed by atoms with Crippen LogP contribution in [0, 0.1) is 11.6 Å². The zero-order valence-electron chi connectivity index (χ0n) is 10.00. The lowest BCUT2D eigenvalue weighted by Gasteiger charge is -2.08. The molecule has 0 spiro atoms. The summed E-state index contributed by atoms with van der Waals surface area (Å²) in [6, 6.07) is 7.24. The quantitative estimate of drug-likeness (QED) is 0.774. The van der Waals surface area contributed by atoms with Gasteiger partial charge >= 0.3 is 0 Å². The van der Waals surface area contributed by atoms with Gasteiger partial charge in [0.1, 0.15) is 5.82 Å². The summed E-state index contributed by atoms with van der Waals surface area (Å²) in [5.74, 6) is -2.27. The molecule has 0 aliphatic carbocycles. The lowest BCUT2D eigenvalue weighted by Crippen LogP contribution is -2.12. The fraction of sp³-hybridized carbons (Fsp3) is 0.0714. The third kappa shape index (κ3) is 3.46. The molecule has 0 unspecified atom stereocenters. The molecular formula is C14H8Cl2F2O2. The minimum atomic E-state index is -0.880. The maximum atomic E-state index is 13.3. The molecule has 0 N–H and O–H groups in total. The van der Waals surface area contributed by atoms with E-state index in [9.17, 15) is 13.6 Å². The van der Waals surface area contributed by atoms with Gasteiger partial charge in [-0.25, -0.2) is 8.78 Å². The van der Waals surface area contributed by atoms with Crippen LogP contribution in [0.4, 0.5) is 8.78 Å². The second kappa shape index (κ2) is 6.20. The lowest BCUT2D eigenvalue weighted by atomic mass is 10.1. The van der Waals surface area contributed by atoms with E-state index in [0.717, 1.165) is 12.1 Å². The van der Waals surface area contributed by atoms with Crippen LogP contribution in [0.25, 0.3) is 0 Å². The second-order valence-corrected chi connectivity index (χ2v) is 4.75. The number of carbonyl (C=O) groups excluding carboxylic acids is 1. The average molecular weight is 317 g/mol. The van der Waals surface area contributed by atoms with Crippen LogP contribution < -0.4 is 4.74 Å². The maximum Gasteiger partial charge on any atom is 0.201 e. The van der Waals surface area contributed by atoms with Gasteiger partial charge in [-0.05, 0) is 30.3 Å². The molecule has 0 amide bonds. The van der Waals surface area contributed by atoms with Gasteiger partial charge in [-0.1, -0.05) is 23.2 Å². The number of benzene rings is 2. The normalized spacial score (nSPS) is 10.4. The summed E-state index contributed by atoms with van der Waals surface area (Å²) in [7, 11) is 0. The third-order valence-corrected chi connectivity index (χ3v) is 3.05. The Morgan fingerprint density at radius 3 is 2.55 bits per heavy atom. The van der Waals surface area contributed by atoms with Crippen molar-refractivity contribution in [3.63, 3.8) is 0 Å². The number of ketones is 1. The van der Waals surface area contributed by atoms with Gasteiger partial charge in [0, 0.05) is 16.7 Å². The molecular weight excluding hydrogens is 309 g/mol. The van der Waals surface area contributed by atoms with E-state index in [1.54, 1.807) is 6.07 Å². The Labute approximate surface area is 123 Å². The molecule has 0 radical (unpaired) electrons. The zero-order valence-corrected chi connectivity index (χ0v) is 11.5. The highest BCUT2D eigenvalue weighted by molar-refractivity contribution is 6.35. The Morgan fingerprint density at radius 1 is 1.10 bits per heavy atom. The van der Waals surface area contributed by atoms with Gasteiger partial charge in [0.25, 0.3) is 0 Å². The van der Waals surface area contributed by atoms with Crippen molar-refractivity contribution < 1.29 is 18.3 Å². The van der Waals surface area contributed by atoms with Gasteiger partial charge in [0.2, 0.25) is 5.78 Å². The first kappa shape index (κ1) is 14.8. The highest BCUT2D eigenvalue weighted by Crippen LogP contribution is 2.22. The van der Waals surface area contributed by atoms with Crippen molar-refractivity contribution in [3.8, 4) is 5.75 Å². The van der Waals surface area contributed by atoms with E-state index in [1.165, 1.54) is 12.1 Å². The molecule has 0 aliphatic rings. The largest absolute Gasteiger partial charge is 0.482 e. The van der Waals surface area contributed by atoms with Gasteiger partial charge < -0.3 is 4.74 Å². The topological polar surface area (TPSA) is 26.3 Å². The van der Waals surface area contributed by atoms with Crippen molar-refractivity contribution >= 4 is 29.0 Å². The van der Waals surface area contributed by atoms with Crippen molar-refractivity contribution in [1.82, 2.24) is 0 Å². The summed E-state index contributed by atoms with van der Waals surface area (Å²) in [4.78, 5) is 11.9. The van der Waals surface area contributed by atoms with E-state index in [1.807, 2.05) is 0 Å². The molecule has 0 heterocycles. The molecule has 0 saturated heterocycles. The summed E-state index contributed by atoms with van der Waals surface area (Å²) >= 11 is 11.6. The van der Waals surface area contributed by atoms with E-state index in [4.69, 9.17) is 27.9 Å². The predicted octanol–water partition coefficient (Wildman–Crippen LogP) is 4.53. The average Bonchev–Trinajstić information content (AvgIpc) is 2.40. The number of ether oxygens (including phenoxy) is 1. The van der Waals surface area contributed by atoms with Crippen molar-refractivity contribution in [2.75, 3.05) is 6.61 Å². The van der Waals surface area contributed by atoms with Crippen LogP contribution in [0.5, 0.6) is 5.75 Å². The Bertz CT molecular complexity index is 660. The number of halogens is 4. The number of carbonyl (C=O) groups is 1. The van der Waals surface area contributed by atoms with Crippen molar-refractivity contribution in [1.29, 1.82) is 0 Å². The van der Waals surface area contributed by atoms with Crippen LogP contribution in [0.3, 0.4) is 0 Å². The molecule has 0 atom stereocenters. The Balaban J connectivity index is 2.10. The fourth-order valence-corrected chi connectivity index (χ4v) is 1.92. The van der Waals surface area contributed by atoms with Gasteiger partial charge in [0.15, 0.2) is 18.2 Å². The molecule has 2 rings (SSSR count). The van der Waals surface area contributed by atoms with E-state index < -0.39 is 24.0 Å². The first-order valence-corrected chi connectivity index (χ1v) is 6.29. The minimum Gasteiger partial charge on any atom is -0.482 e. The minimum absolute atomic E-state index is 0.182. The summed E-state index contributed by atoms with van der Waals surface area (Å²) in [5, 5.41) is 0.577. The van der Waals surface area contributed by atoms with Gasteiger partial charge in [-0.2, -0.15) is 0 Å². The van der Waals surface area contributed by atoms with Crippen molar-refractivity contribution in [2.45, 2.75) is 0 Å². The van der Waals surface area contributed by atoms with Gasteiger partial charge in [-0.3, -0.25) is 4.79 Å². The molecule has 0 aliphatic heterocycles. The number of hydrogen-bond acceptors (Lipinski definition) is 2. The standard InChI is InChI=1S/C14H8Cl2F2O2/c15-8-1-3-11(16)10(5-8)13(19)7-20-14-4-2-9(17)6-12(14)18/h1-6H,7H2. The zero-order chi connectivity index (χ0) is 14.7. The Morgan fingerprint density at radius 2 is 1.85 bits per heavy atom. The SMILES string of the molecule is O=C(COc1ccc(F)cc1F)c1cc(Cl)ccc1Cl. The smallest absolute Gasteiger partial charge is 0.201 e. The summed E-state index contributed by atoms with van der Waals surface area (Å²) in [5.41, 5.74) is 0.182. The number of Topliss-reactive ketones (excluding diaryl/α,β-unsaturated/α-hetero) is 1. The molecule has 2 aromatic carbocycles. The maximum absolute atomic E-state index is 13.3. The first-order chi connectivity index (χ1) is 9.47.